The Hall–Kier alpha value is -2.82. The zero-order valence-corrected chi connectivity index (χ0v) is 24.5. The molecule has 4 fully saturated rings. The predicted molar refractivity (Wildman–Crippen MR) is 143 cm³/mol. The molecule has 4 heterocycles. The van der Waals surface area contributed by atoms with Crippen molar-refractivity contribution in [3.63, 3.8) is 0 Å². The Morgan fingerprint density at radius 2 is 1.93 bits per heavy atom. The van der Waals surface area contributed by atoms with E-state index in [4.69, 9.17) is 23.7 Å². The van der Waals surface area contributed by atoms with Crippen LogP contribution in [-0.2, 0) is 33.3 Å². The number of pyridine rings is 1. The summed E-state index contributed by atoms with van der Waals surface area (Å²) in [7, 11) is 0. The normalized spacial score (nSPS) is 45.2. The van der Waals surface area contributed by atoms with Crippen molar-refractivity contribution in [1.29, 1.82) is 0 Å². The summed E-state index contributed by atoms with van der Waals surface area (Å²) in [6.45, 7) is 11.6. The quantitative estimate of drug-likeness (QED) is 0.328. The van der Waals surface area contributed by atoms with E-state index in [1.54, 1.807) is 32.2 Å². The van der Waals surface area contributed by atoms with Crippen LogP contribution >= 0.6 is 0 Å². The second-order valence-corrected chi connectivity index (χ2v) is 13.4. The maximum Gasteiger partial charge on any atom is 0.367 e. The van der Waals surface area contributed by atoms with Gasteiger partial charge in [0, 0.05) is 41.5 Å². The number of hydrogen-bond acceptors (Lipinski definition) is 10. The summed E-state index contributed by atoms with van der Waals surface area (Å²) in [5.74, 6) is -4.79. The Labute approximate surface area is 239 Å². The van der Waals surface area contributed by atoms with Gasteiger partial charge in [0.1, 0.15) is 30.0 Å². The van der Waals surface area contributed by atoms with Crippen molar-refractivity contribution in [1.82, 2.24) is 4.98 Å². The molecule has 1 N–H and O–H groups in total. The molecule has 0 radical (unpaired) electrons. The van der Waals surface area contributed by atoms with E-state index < -0.39 is 64.0 Å². The summed E-state index contributed by atoms with van der Waals surface area (Å²) in [6, 6.07) is 3.35. The minimum atomic E-state index is -2.17. The second kappa shape index (κ2) is 9.09. The zero-order valence-electron chi connectivity index (χ0n) is 24.5. The van der Waals surface area contributed by atoms with Crippen LogP contribution < -0.4 is 0 Å². The van der Waals surface area contributed by atoms with Gasteiger partial charge >= 0.3 is 17.9 Å². The standard InChI is InChI=1S/C31H39NO9/c1-17(2)31(36)26(35)39-24-23(40-31)28(5)18(3)9-10-20(38-25(34)19-8-7-13-32-15-19)22(28)27(4)11-12-30(41-29(24,27)6)14-21(33)37-16-30/h7-9,13,15,17,20,22-24,36H,10-12,14,16H2,1-6H3/t20-,22-,23+,24+,27-,28+,29+,30-,31+/m1/s1. The van der Waals surface area contributed by atoms with Gasteiger partial charge in [-0.1, -0.05) is 39.3 Å². The summed E-state index contributed by atoms with van der Waals surface area (Å²) in [5.41, 5.74) is -2.21. The van der Waals surface area contributed by atoms with Gasteiger partial charge in [0.05, 0.1) is 12.0 Å². The first-order chi connectivity index (χ1) is 19.2. The highest BCUT2D eigenvalue weighted by molar-refractivity contribution is 5.89. The van der Waals surface area contributed by atoms with Crippen LogP contribution in [0.25, 0.3) is 0 Å². The molecule has 0 aromatic carbocycles. The average Bonchev–Trinajstić information content (AvgIpc) is 3.29. The van der Waals surface area contributed by atoms with Crippen molar-refractivity contribution in [2.45, 2.75) is 103 Å². The van der Waals surface area contributed by atoms with E-state index in [1.807, 2.05) is 26.8 Å². The maximum absolute atomic E-state index is 13.4. The Bertz CT molecular complexity index is 1310. The average molecular weight is 570 g/mol. The minimum absolute atomic E-state index is 0.0983. The SMILES string of the molecule is CC1=CC[C@@H](OC(=O)c2cccnc2)[C@H]2[C@@]1(C)[C@H]1O[C@@](O)(C(C)C)C(=O)O[C@@H]1[C@]1(C)O[C@@]3(CC[C@]21C)COC(=O)C3. The van der Waals surface area contributed by atoms with Gasteiger partial charge in [0.2, 0.25) is 0 Å². The molecule has 2 aliphatic carbocycles. The lowest BCUT2D eigenvalue weighted by Crippen LogP contribution is -2.81. The van der Waals surface area contributed by atoms with Gasteiger partial charge in [-0.15, -0.1) is 0 Å². The molecular formula is C31H39NO9. The number of fused-ring (bicyclic) bond motifs is 6. The van der Waals surface area contributed by atoms with E-state index in [-0.39, 0.29) is 24.9 Å². The molecule has 1 aromatic heterocycles. The lowest BCUT2D eigenvalue weighted by Gasteiger charge is -2.71. The fraction of sp³-hybridized carbons (Fsp3) is 0.677. The van der Waals surface area contributed by atoms with Crippen LogP contribution in [0.1, 0.15) is 77.6 Å². The number of esters is 3. The van der Waals surface area contributed by atoms with Crippen LogP contribution in [0.5, 0.6) is 0 Å². The molecule has 3 saturated heterocycles. The second-order valence-electron chi connectivity index (χ2n) is 13.4. The molecule has 3 aliphatic heterocycles. The van der Waals surface area contributed by atoms with Crippen LogP contribution in [-0.4, -0.2) is 69.9 Å². The smallest absolute Gasteiger partial charge is 0.367 e. The molecule has 10 nitrogen and oxygen atoms in total. The number of carbonyl (C=O) groups is 3. The Kier molecular flexibility index (Phi) is 6.27. The maximum atomic E-state index is 13.4. The highest BCUT2D eigenvalue weighted by Crippen LogP contribution is 2.69. The van der Waals surface area contributed by atoms with Gasteiger partial charge in [-0.25, -0.2) is 9.59 Å². The van der Waals surface area contributed by atoms with Crippen molar-refractivity contribution in [2.24, 2.45) is 22.7 Å². The van der Waals surface area contributed by atoms with Gasteiger partial charge in [0.15, 0.2) is 6.10 Å². The van der Waals surface area contributed by atoms with E-state index >= 15 is 0 Å². The largest absolute Gasteiger partial charge is 0.463 e. The Morgan fingerprint density at radius 3 is 2.56 bits per heavy atom. The fourth-order valence-electron chi connectivity index (χ4n) is 8.34. The number of carbonyl (C=O) groups excluding carboxylic acids is 3. The molecule has 41 heavy (non-hydrogen) atoms. The van der Waals surface area contributed by atoms with E-state index in [0.29, 0.717) is 24.8 Å². The molecule has 5 aliphatic rings. The Morgan fingerprint density at radius 1 is 1.17 bits per heavy atom. The molecule has 0 bridgehead atoms. The summed E-state index contributed by atoms with van der Waals surface area (Å²) < 4.78 is 31.2. The Balaban J connectivity index is 1.50. The zero-order chi connectivity index (χ0) is 29.6. The molecule has 222 valence electrons. The van der Waals surface area contributed by atoms with Crippen molar-refractivity contribution in [3.8, 4) is 0 Å². The van der Waals surface area contributed by atoms with Crippen LogP contribution in [0.2, 0.25) is 0 Å². The van der Waals surface area contributed by atoms with Crippen molar-refractivity contribution in [3.05, 3.63) is 41.7 Å². The summed E-state index contributed by atoms with van der Waals surface area (Å²) in [5, 5.41) is 11.5. The first kappa shape index (κ1) is 28.3. The van der Waals surface area contributed by atoms with E-state index in [9.17, 15) is 19.5 Å². The first-order valence-electron chi connectivity index (χ1n) is 14.5. The third-order valence-corrected chi connectivity index (χ3v) is 11.0. The van der Waals surface area contributed by atoms with Crippen molar-refractivity contribution in [2.75, 3.05) is 6.61 Å². The van der Waals surface area contributed by atoms with E-state index in [0.717, 1.165) is 5.57 Å². The summed E-state index contributed by atoms with van der Waals surface area (Å²) in [4.78, 5) is 43.1. The molecule has 1 saturated carbocycles. The summed E-state index contributed by atoms with van der Waals surface area (Å²) >= 11 is 0. The number of rotatable bonds is 3. The van der Waals surface area contributed by atoms with Gasteiger partial charge in [-0.2, -0.15) is 0 Å². The van der Waals surface area contributed by atoms with Crippen LogP contribution in [0.3, 0.4) is 0 Å². The topological polar surface area (TPSA) is 130 Å². The number of aromatic nitrogens is 1. The van der Waals surface area contributed by atoms with Crippen molar-refractivity contribution < 1.29 is 43.2 Å². The van der Waals surface area contributed by atoms with Gasteiger partial charge < -0.3 is 28.8 Å². The predicted octanol–water partition coefficient (Wildman–Crippen LogP) is 3.51. The number of hydrogen-bond donors (Lipinski definition) is 1. The molecule has 1 aromatic rings. The van der Waals surface area contributed by atoms with Crippen LogP contribution in [0.15, 0.2) is 36.2 Å². The molecule has 0 unspecified atom stereocenters. The summed E-state index contributed by atoms with van der Waals surface area (Å²) in [6.07, 6.45) is 4.52. The molecule has 1 spiro atoms. The number of cyclic esters (lactones) is 1. The molecule has 6 rings (SSSR count). The highest BCUT2D eigenvalue weighted by Gasteiger charge is 2.78. The number of ether oxygens (including phenoxy) is 5. The molecule has 0 amide bonds. The van der Waals surface area contributed by atoms with Gasteiger partial charge in [-0.05, 0) is 38.8 Å². The van der Waals surface area contributed by atoms with E-state index in [2.05, 4.69) is 11.9 Å². The van der Waals surface area contributed by atoms with Crippen LogP contribution in [0.4, 0.5) is 0 Å². The lowest BCUT2D eigenvalue weighted by atomic mass is 9.41. The first-order valence-corrected chi connectivity index (χ1v) is 14.5. The van der Waals surface area contributed by atoms with Gasteiger partial charge in [0.25, 0.3) is 5.79 Å². The van der Waals surface area contributed by atoms with Crippen molar-refractivity contribution >= 4 is 17.9 Å². The monoisotopic (exact) mass is 569 g/mol. The van der Waals surface area contributed by atoms with Gasteiger partial charge in [-0.3, -0.25) is 9.78 Å². The lowest BCUT2D eigenvalue weighted by molar-refractivity contribution is -0.399. The van der Waals surface area contributed by atoms with E-state index in [1.165, 1.54) is 6.20 Å². The third-order valence-electron chi connectivity index (χ3n) is 11.0. The molecular weight excluding hydrogens is 530 g/mol. The number of nitrogens with zero attached hydrogens (tertiary/aromatic N) is 1. The molecule has 9 atom stereocenters. The molecule has 10 heteroatoms. The third kappa shape index (κ3) is 3.79. The van der Waals surface area contributed by atoms with Crippen LogP contribution in [0, 0.1) is 22.7 Å². The highest BCUT2D eigenvalue weighted by atomic mass is 16.7. The number of aliphatic hydroxyl groups is 1. The fourth-order valence-corrected chi connectivity index (χ4v) is 8.34. The minimum Gasteiger partial charge on any atom is -0.463 e.